The number of aliphatic hydroxyl groups excluding tert-OH is 1. The van der Waals surface area contributed by atoms with Crippen molar-refractivity contribution in [2.75, 3.05) is 0 Å². The summed E-state index contributed by atoms with van der Waals surface area (Å²) in [5.41, 5.74) is 3.13. The molecule has 0 fully saturated rings. The number of ketones is 1. The van der Waals surface area contributed by atoms with Crippen LogP contribution in [0.5, 0.6) is 0 Å². The molecule has 0 atom stereocenters. The third-order valence-corrected chi connectivity index (χ3v) is 2.93. The van der Waals surface area contributed by atoms with Crippen LogP contribution in [-0.4, -0.2) is 15.5 Å². The van der Waals surface area contributed by atoms with E-state index in [9.17, 15) is 4.79 Å². The summed E-state index contributed by atoms with van der Waals surface area (Å²) in [6.45, 7) is 1.93. The normalized spacial score (nSPS) is 10.5. The van der Waals surface area contributed by atoms with Crippen molar-refractivity contribution < 1.29 is 9.90 Å². The Balaban J connectivity index is 2.37. The molecule has 3 nitrogen and oxygen atoms in total. The van der Waals surface area contributed by atoms with Crippen LogP contribution < -0.4 is 0 Å². The van der Waals surface area contributed by atoms with Gasteiger partial charge in [0.1, 0.15) is 0 Å². The number of nitrogens with zero attached hydrogens (tertiary/aromatic N) is 1. The van der Waals surface area contributed by atoms with Crippen molar-refractivity contribution in [3.8, 4) is 0 Å². The van der Waals surface area contributed by atoms with Crippen LogP contribution in [0.3, 0.4) is 0 Å². The molecule has 0 saturated carbocycles. The molecule has 0 radical (unpaired) electrons. The summed E-state index contributed by atoms with van der Waals surface area (Å²) in [4.78, 5) is 12.2. The van der Waals surface area contributed by atoms with Gasteiger partial charge in [-0.3, -0.25) is 4.79 Å². The molecule has 0 amide bonds. The number of carbonyl (C=O) groups excluding carboxylic acids is 1. The van der Waals surface area contributed by atoms with E-state index in [-0.39, 0.29) is 12.4 Å². The van der Waals surface area contributed by atoms with E-state index in [1.165, 1.54) is 0 Å². The van der Waals surface area contributed by atoms with E-state index in [2.05, 4.69) is 0 Å². The fourth-order valence-corrected chi connectivity index (χ4v) is 1.79. The van der Waals surface area contributed by atoms with Crippen LogP contribution in [-0.2, 0) is 13.7 Å². The van der Waals surface area contributed by atoms with Crippen molar-refractivity contribution in [3.63, 3.8) is 0 Å². The molecule has 1 aromatic carbocycles. The van der Waals surface area contributed by atoms with E-state index in [1.54, 1.807) is 23.7 Å². The molecule has 0 saturated heterocycles. The van der Waals surface area contributed by atoms with Crippen LogP contribution >= 0.6 is 0 Å². The second-order valence-corrected chi connectivity index (χ2v) is 4.12. The molecule has 0 aliphatic heterocycles. The van der Waals surface area contributed by atoms with Gasteiger partial charge < -0.3 is 9.67 Å². The molecule has 88 valence electrons. The van der Waals surface area contributed by atoms with Crippen LogP contribution in [0.1, 0.15) is 27.3 Å². The SMILES string of the molecule is Cc1ccc(C(=O)c2ccc(CO)n2C)cc1. The highest BCUT2D eigenvalue weighted by Crippen LogP contribution is 2.13. The lowest BCUT2D eigenvalue weighted by molar-refractivity contribution is 0.103. The Morgan fingerprint density at radius 2 is 1.82 bits per heavy atom. The molecule has 0 unspecified atom stereocenters. The third-order valence-electron chi connectivity index (χ3n) is 2.93. The van der Waals surface area contributed by atoms with Crippen molar-refractivity contribution >= 4 is 5.78 Å². The Morgan fingerprint density at radius 1 is 1.18 bits per heavy atom. The van der Waals surface area contributed by atoms with Crippen LogP contribution in [0.25, 0.3) is 0 Å². The maximum absolute atomic E-state index is 12.2. The highest BCUT2D eigenvalue weighted by molar-refractivity contribution is 6.08. The standard InChI is InChI=1S/C14H15NO2/c1-10-3-5-11(6-4-10)14(17)13-8-7-12(9-16)15(13)2/h3-8,16H,9H2,1-2H3. The minimum atomic E-state index is -0.0579. The Bertz CT molecular complexity index is 538. The zero-order valence-corrected chi connectivity index (χ0v) is 9.97. The lowest BCUT2D eigenvalue weighted by atomic mass is 10.1. The molecule has 2 rings (SSSR count). The quantitative estimate of drug-likeness (QED) is 0.818. The van der Waals surface area contributed by atoms with Crippen molar-refractivity contribution in [2.24, 2.45) is 7.05 Å². The molecule has 2 aromatic rings. The molecule has 1 heterocycles. The summed E-state index contributed by atoms with van der Waals surface area (Å²) in [5.74, 6) is -0.0211. The Labute approximate surface area is 100 Å². The molecule has 0 aliphatic carbocycles. The number of aliphatic hydroxyl groups is 1. The lowest BCUT2D eigenvalue weighted by Gasteiger charge is -2.05. The molecule has 3 heteroatoms. The summed E-state index contributed by atoms with van der Waals surface area (Å²) >= 11 is 0. The number of aromatic nitrogens is 1. The maximum Gasteiger partial charge on any atom is 0.209 e. The molecule has 1 aromatic heterocycles. The smallest absolute Gasteiger partial charge is 0.209 e. The second kappa shape index (κ2) is 4.55. The second-order valence-electron chi connectivity index (χ2n) is 4.12. The summed E-state index contributed by atoms with van der Waals surface area (Å²) in [5, 5.41) is 9.09. The van der Waals surface area contributed by atoms with Crippen LogP contribution in [0.2, 0.25) is 0 Å². The maximum atomic E-state index is 12.2. The van der Waals surface area contributed by atoms with Crippen molar-refractivity contribution in [1.29, 1.82) is 0 Å². The number of benzene rings is 1. The molecular weight excluding hydrogens is 214 g/mol. The predicted molar refractivity (Wildman–Crippen MR) is 65.9 cm³/mol. The fourth-order valence-electron chi connectivity index (χ4n) is 1.79. The van der Waals surface area contributed by atoms with E-state index < -0.39 is 0 Å². The van der Waals surface area contributed by atoms with E-state index in [0.717, 1.165) is 11.3 Å². The highest BCUT2D eigenvalue weighted by atomic mass is 16.3. The van der Waals surface area contributed by atoms with Crippen molar-refractivity contribution in [2.45, 2.75) is 13.5 Å². The van der Waals surface area contributed by atoms with Gasteiger partial charge in [0.2, 0.25) is 5.78 Å². The number of carbonyl (C=O) groups is 1. The van der Waals surface area contributed by atoms with Gasteiger partial charge in [-0.1, -0.05) is 29.8 Å². The molecule has 17 heavy (non-hydrogen) atoms. The number of rotatable bonds is 3. The summed E-state index contributed by atoms with van der Waals surface area (Å²) < 4.78 is 1.72. The topological polar surface area (TPSA) is 42.2 Å². The third kappa shape index (κ3) is 2.15. The van der Waals surface area contributed by atoms with Gasteiger partial charge in [0.05, 0.1) is 12.3 Å². The zero-order valence-electron chi connectivity index (χ0n) is 9.97. The van der Waals surface area contributed by atoms with Crippen molar-refractivity contribution in [3.05, 3.63) is 58.9 Å². The average molecular weight is 229 g/mol. The first-order valence-corrected chi connectivity index (χ1v) is 5.50. The minimum Gasteiger partial charge on any atom is -0.390 e. The number of hydrogen-bond donors (Lipinski definition) is 1. The predicted octanol–water partition coefficient (Wildman–Crippen LogP) is 2.06. The largest absolute Gasteiger partial charge is 0.390 e. The van der Waals surface area contributed by atoms with Gasteiger partial charge in [0.25, 0.3) is 0 Å². The zero-order chi connectivity index (χ0) is 12.4. The minimum absolute atomic E-state index is 0.0211. The lowest BCUT2D eigenvalue weighted by Crippen LogP contribution is -2.09. The summed E-state index contributed by atoms with van der Waals surface area (Å²) in [6, 6.07) is 11.0. The van der Waals surface area contributed by atoms with Gasteiger partial charge in [-0.15, -0.1) is 0 Å². The van der Waals surface area contributed by atoms with E-state index in [4.69, 9.17) is 5.11 Å². The molecule has 0 aliphatic rings. The van der Waals surface area contributed by atoms with E-state index in [0.29, 0.717) is 11.3 Å². The first-order valence-electron chi connectivity index (χ1n) is 5.50. The fraction of sp³-hybridized carbons (Fsp3) is 0.214. The van der Waals surface area contributed by atoms with Crippen molar-refractivity contribution in [1.82, 2.24) is 4.57 Å². The van der Waals surface area contributed by atoms with Crippen LogP contribution in [0, 0.1) is 6.92 Å². The summed E-state index contributed by atoms with van der Waals surface area (Å²) in [6.07, 6.45) is 0. The van der Waals surface area contributed by atoms with Gasteiger partial charge in [0, 0.05) is 18.3 Å². The van der Waals surface area contributed by atoms with Gasteiger partial charge in [-0.2, -0.15) is 0 Å². The number of aryl methyl sites for hydroxylation is 1. The first-order chi connectivity index (χ1) is 8.13. The highest BCUT2D eigenvalue weighted by Gasteiger charge is 2.13. The molecular formula is C14H15NO2. The van der Waals surface area contributed by atoms with Gasteiger partial charge in [-0.25, -0.2) is 0 Å². The average Bonchev–Trinajstić information content (AvgIpc) is 2.70. The Morgan fingerprint density at radius 3 is 2.35 bits per heavy atom. The Kier molecular flexibility index (Phi) is 3.11. The molecule has 0 bridgehead atoms. The monoisotopic (exact) mass is 229 g/mol. The Hall–Kier alpha value is -1.87. The van der Waals surface area contributed by atoms with Crippen LogP contribution in [0.15, 0.2) is 36.4 Å². The van der Waals surface area contributed by atoms with Gasteiger partial charge in [0.15, 0.2) is 0 Å². The van der Waals surface area contributed by atoms with E-state index >= 15 is 0 Å². The van der Waals surface area contributed by atoms with Gasteiger partial charge in [-0.05, 0) is 19.1 Å². The first kappa shape index (κ1) is 11.6. The number of hydrogen-bond acceptors (Lipinski definition) is 2. The molecule has 0 spiro atoms. The van der Waals surface area contributed by atoms with Gasteiger partial charge >= 0.3 is 0 Å². The van der Waals surface area contributed by atoms with E-state index in [1.807, 2.05) is 31.2 Å². The molecule has 1 N–H and O–H groups in total. The summed E-state index contributed by atoms with van der Waals surface area (Å²) in [7, 11) is 1.78. The van der Waals surface area contributed by atoms with Crippen LogP contribution in [0.4, 0.5) is 0 Å².